The Morgan fingerprint density at radius 3 is 2.27 bits per heavy atom. The van der Waals surface area contributed by atoms with Gasteiger partial charge in [-0.1, -0.05) is 49.1 Å². The number of nitrogens with zero attached hydrogens (tertiary/aromatic N) is 1. The lowest BCUT2D eigenvalue weighted by Gasteiger charge is -2.32. The fraction of sp³-hybridized carbons (Fsp3) is 0.650. The molecule has 2 aliphatic rings. The third-order valence-corrected chi connectivity index (χ3v) is 7.49. The smallest absolute Gasteiger partial charge is 0.223 e. The predicted octanol–water partition coefficient (Wildman–Crippen LogP) is 2.99. The Labute approximate surface area is 157 Å². The second-order valence-corrected chi connectivity index (χ2v) is 9.73. The highest BCUT2D eigenvalue weighted by Gasteiger charge is 2.32. The van der Waals surface area contributed by atoms with Gasteiger partial charge in [-0.3, -0.25) is 4.79 Å². The number of hydrogen-bond acceptors (Lipinski definition) is 3. The van der Waals surface area contributed by atoms with Crippen LogP contribution in [-0.4, -0.2) is 37.8 Å². The van der Waals surface area contributed by atoms with E-state index >= 15 is 0 Å². The SMILES string of the molecule is Cc1ccc(CS(=O)(=O)N2CCC(C(=O)NC3CCCCC3)CC2)cc1. The minimum Gasteiger partial charge on any atom is -0.353 e. The van der Waals surface area contributed by atoms with Crippen LogP contribution >= 0.6 is 0 Å². The third-order valence-electron chi connectivity index (χ3n) is 5.64. The Balaban J connectivity index is 1.50. The Bertz CT molecular complexity index is 701. The van der Waals surface area contributed by atoms with Crippen molar-refractivity contribution in [2.24, 2.45) is 5.92 Å². The summed E-state index contributed by atoms with van der Waals surface area (Å²) >= 11 is 0. The van der Waals surface area contributed by atoms with Crippen molar-refractivity contribution in [3.63, 3.8) is 0 Å². The van der Waals surface area contributed by atoms with E-state index in [1.54, 1.807) is 4.31 Å². The Kier molecular flexibility index (Phi) is 6.35. The van der Waals surface area contributed by atoms with Gasteiger partial charge in [0.25, 0.3) is 0 Å². The summed E-state index contributed by atoms with van der Waals surface area (Å²) in [5, 5.41) is 3.18. The van der Waals surface area contributed by atoms with Crippen LogP contribution in [-0.2, 0) is 20.6 Å². The second kappa shape index (κ2) is 8.53. The fourth-order valence-corrected chi connectivity index (χ4v) is 5.51. The molecule has 0 spiro atoms. The minimum absolute atomic E-state index is 0.0339. The first-order valence-electron chi connectivity index (χ1n) is 9.78. The lowest BCUT2D eigenvalue weighted by molar-refractivity contribution is -0.127. The van der Waals surface area contributed by atoms with Crippen LogP contribution < -0.4 is 5.32 Å². The molecule has 1 aliphatic heterocycles. The van der Waals surface area contributed by atoms with Gasteiger partial charge in [0, 0.05) is 25.0 Å². The van der Waals surface area contributed by atoms with Crippen LogP contribution in [0.3, 0.4) is 0 Å². The quantitative estimate of drug-likeness (QED) is 0.856. The highest BCUT2D eigenvalue weighted by atomic mass is 32.2. The van der Waals surface area contributed by atoms with Crippen molar-refractivity contribution in [2.75, 3.05) is 13.1 Å². The molecule has 1 saturated heterocycles. The van der Waals surface area contributed by atoms with E-state index in [4.69, 9.17) is 0 Å². The molecule has 1 aliphatic carbocycles. The van der Waals surface area contributed by atoms with E-state index < -0.39 is 10.0 Å². The fourth-order valence-electron chi connectivity index (χ4n) is 3.95. The van der Waals surface area contributed by atoms with Crippen molar-refractivity contribution in [1.82, 2.24) is 9.62 Å². The molecule has 0 bridgehead atoms. The van der Waals surface area contributed by atoms with Gasteiger partial charge in [-0.25, -0.2) is 12.7 Å². The van der Waals surface area contributed by atoms with E-state index in [0.29, 0.717) is 32.0 Å². The molecule has 6 heteroatoms. The average Bonchev–Trinajstić information content (AvgIpc) is 2.64. The van der Waals surface area contributed by atoms with Crippen molar-refractivity contribution in [2.45, 2.75) is 63.7 Å². The van der Waals surface area contributed by atoms with E-state index in [2.05, 4.69) is 5.32 Å². The summed E-state index contributed by atoms with van der Waals surface area (Å²) in [6.07, 6.45) is 7.05. The van der Waals surface area contributed by atoms with Crippen molar-refractivity contribution in [3.8, 4) is 0 Å². The lowest BCUT2D eigenvalue weighted by Crippen LogP contribution is -2.45. The van der Waals surface area contributed by atoms with Gasteiger partial charge >= 0.3 is 0 Å². The molecule has 144 valence electrons. The minimum atomic E-state index is -3.32. The zero-order chi connectivity index (χ0) is 18.6. The molecule has 26 heavy (non-hydrogen) atoms. The standard InChI is InChI=1S/C20H30N2O3S/c1-16-7-9-17(10-8-16)15-26(24,25)22-13-11-18(12-14-22)20(23)21-19-5-3-2-4-6-19/h7-10,18-19H,2-6,11-15H2,1H3,(H,21,23). The zero-order valence-corrected chi connectivity index (χ0v) is 16.4. The summed E-state index contributed by atoms with van der Waals surface area (Å²) < 4.78 is 26.9. The molecular weight excluding hydrogens is 348 g/mol. The number of benzene rings is 1. The van der Waals surface area contributed by atoms with Crippen LogP contribution in [0.4, 0.5) is 0 Å². The van der Waals surface area contributed by atoms with Crippen LogP contribution in [0, 0.1) is 12.8 Å². The van der Waals surface area contributed by atoms with Gasteiger partial charge in [0.1, 0.15) is 0 Å². The average molecular weight is 379 g/mol. The first-order chi connectivity index (χ1) is 12.4. The van der Waals surface area contributed by atoms with Crippen LogP contribution in [0.1, 0.15) is 56.1 Å². The number of rotatable bonds is 5. The highest BCUT2D eigenvalue weighted by Crippen LogP contribution is 2.23. The van der Waals surface area contributed by atoms with Crippen molar-refractivity contribution >= 4 is 15.9 Å². The molecule has 1 saturated carbocycles. The molecule has 0 radical (unpaired) electrons. The molecule has 2 fully saturated rings. The van der Waals surface area contributed by atoms with Gasteiger partial charge in [-0.15, -0.1) is 0 Å². The van der Waals surface area contributed by atoms with Crippen molar-refractivity contribution in [3.05, 3.63) is 35.4 Å². The first-order valence-corrected chi connectivity index (χ1v) is 11.4. The molecular formula is C20H30N2O3S. The van der Waals surface area contributed by atoms with Gasteiger partial charge in [-0.2, -0.15) is 0 Å². The number of hydrogen-bond donors (Lipinski definition) is 1. The molecule has 1 aromatic rings. The zero-order valence-electron chi connectivity index (χ0n) is 15.6. The van der Waals surface area contributed by atoms with E-state index in [1.807, 2.05) is 31.2 Å². The summed E-state index contributed by atoms with van der Waals surface area (Å²) in [5.41, 5.74) is 1.93. The maximum atomic E-state index is 12.7. The summed E-state index contributed by atoms with van der Waals surface area (Å²) in [6, 6.07) is 7.94. The van der Waals surface area contributed by atoms with Crippen LogP contribution in [0.25, 0.3) is 0 Å². The molecule has 0 aromatic heterocycles. The number of amides is 1. The highest BCUT2D eigenvalue weighted by molar-refractivity contribution is 7.88. The number of carbonyl (C=O) groups is 1. The first kappa shape index (κ1) is 19.4. The van der Waals surface area contributed by atoms with Crippen molar-refractivity contribution < 1.29 is 13.2 Å². The topological polar surface area (TPSA) is 66.5 Å². The van der Waals surface area contributed by atoms with Crippen LogP contribution in [0.2, 0.25) is 0 Å². The van der Waals surface area contributed by atoms with Crippen LogP contribution in [0.5, 0.6) is 0 Å². The van der Waals surface area contributed by atoms with Gasteiger partial charge in [-0.05, 0) is 38.2 Å². The van der Waals surface area contributed by atoms with E-state index in [-0.39, 0.29) is 17.6 Å². The van der Waals surface area contributed by atoms with Gasteiger partial charge in [0.05, 0.1) is 5.75 Å². The van der Waals surface area contributed by atoms with E-state index in [9.17, 15) is 13.2 Å². The normalized spacial score (nSPS) is 20.8. The lowest BCUT2D eigenvalue weighted by atomic mass is 9.93. The summed E-state index contributed by atoms with van der Waals surface area (Å²) in [4.78, 5) is 12.5. The number of carbonyl (C=O) groups excluding carboxylic acids is 1. The van der Waals surface area contributed by atoms with Gasteiger partial charge < -0.3 is 5.32 Å². The Morgan fingerprint density at radius 2 is 1.65 bits per heavy atom. The number of sulfonamides is 1. The largest absolute Gasteiger partial charge is 0.353 e. The summed E-state index contributed by atoms with van der Waals surface area (Å²) in [5.74, 6) is 0.0990. The Morgan fingerprint density at radius 1 is 1.04 bits per heavy atom. The molecule has 3 rings (SSSR count). The molecule has 1 amide bonds. The van der Waals surface area contributed by atoms with Crippen molar-refractivity contribution in [1.29, 1.82) is 0 Å². The summed E-state index contributed by atoms with van der Waals surface area (Å²) in [6.45, 7) is 2.87. The molecule has 0 atom stereocenters. The maximum Gasteiger partial charge on any atom is 0.223 e. The summed E-state index contributed by atoms with van der Waals surface area (Å²) in [7, 11) is -3.32. The predicted molar refractivity (Wildman–Crippen MR) is 103 cm³/mol. The Hall–Kier alpha value is -1.40. The maximum absolute atomic E-state index is 12.7. The molecule has 0 unspecified atom stereocenters. The number of piperidine rings is 1. The second-order valence-electron chi connectivity index (χ2n) is 7.76. The van der Waals surface area contributed by atoms with Gasteiger partial charge in [0.15, 0.2) is 0 Å². The molecule has 1 heterocycles. The monoisotopic (exact) mass is 378 g/mol. The van der Waals surface area contributed by atoms with E-state index in [0.717, 1.165) is 24.0 Å². The van der Waals surface area contributed by atoms with Crippen LogP contribution in [0.15, 0.2) is 24.3 Å². The third kappa shape index (κ3) is 5.07. The number of nitrogens with one attached hydrogen (secondary N) is 1. The number of aryl methyl sites for hydroxylation is 1. The molecule has 1 aromatic carbocycles. The molecule has 5 nitrogen and oxygen atoms in total. The van der Waals surface area contributed by atoms with E-state index in [1.165, 1.54) is 19.3 Å². The van der Waals surface area contributed by atoms with Gasteiger partial charge in [0.2, 0.25) is 15.9 Å². The molecule has 1 N–H and O–H groups in total.